The van der Waals surface area contributed by atoms with Crippen LogP contribution in [-0.2, 0) is 4.79 Å². The Bertz CT molecular complexity index is 838. The summed E-state index contributed by atoms with van der Waals surface area (Å²) in [5.41, 5.74) is 2.43. The first-order chi connectivity index (χ1) is 13.6. The van der Waals surface area contributed by atoms with Gasteiger partial charge in [0.05, 0.1) is 17.4 Å². The Kier molecular flexibility index (Phi) is 5.19. The molecular formula is C21H27N5O2. The zero-order valence-corrected chi connectivity index (χ0v) is 16.3. The van der Waals surface area contributed by atoms with E-state index in [0.717, 1.165) is 43.4 Å². The third kappa shape index (κ3) is 3.43. The van der Waals surface area contributed by atoms with Crippen molar-refractivity contribution in [2.45, 2.75) is 26.1 Å². The molecule has 2 aliphatic rings. The Morgan fingerprint density at radius 1 is 1.18 bits per heavy atom. The third-order valence-electron chi connectivity index (χ3n) is 5.58. The van der Waals surface area contributed by atoms with Crippen molar-refractivity contribution in [1.29, 1.82) is 0 Å². The standard InChI is InChI=1S/C21H27N5O2/c1-14-19(23-16-6-4-3-5-7-16)20-17(26(15(2)27)21(14)28)8-9-18(24-20)25-12-10-22-11-13-25/h3-9,14,19,21-23,28H,10-13H2,1-2H3/t14-,19-,21+/m1/s1. The highest BCUT2D eigenvalue weighted by Crippen LogP contribution is 2.41. The van der Waals surface area contributed by atoms with E-state index in [0.29, 0.717) is 5.69 Å². The second-order valence-corrected chi connectivity index (χ2v) is 7.46. The quantitative estimate of drug-likeness (QED) is 0.754. The summed E-state index contributed by atoms with van der Waals surface area (Å²) >= 11 is 0. The SMILES string of the molecule is CC(=O)N1c2ccc(N3CCNCC3)nc2[C@H](Nc2ccccc2)[C@@H](C)[C@@H]1O. The highest BCUT2D eigenvalue weighted by molar-refractivity contribution is 5.93. The normalized spacial score (nSPS) is 24.6. The van der Waals surface area contributed by atoms with Gasteiger partial charge in [-0.15, -0.1) is 0 Å². The minimum atomic E-state index is -0.905. The summed E-state index contributed by atoms with van der Waals surface area (Å²) in [4.78, 5) is 20.9. The van der Waals surface area contributed by atoms with E-state index >= 15 is 0 Å². The lowest BCUT2D eigenvalue weighted by Crippen LogP contribution is -2.50. The van der Waals surface area contributed by atoms with Crippen molar-refractivity contribution in [3.05, 3.63) is 48.2 Å². The molecule has 0 unspecified atom stereocenters. The number of benzene rings is 1. The molecule has 3 atom stereocenters. The first kappa shape index (κ1) is 18.7. The molecular weight excluding hydrogens is 354 g/mol. The summed E-state index contributed by atoms with van der Waals surface area (Å²) in [6.07, 6.45) is -0.905. The first-order valence-electron chi connectivity index (χ1n) is 9.82. The number of pyridine rings is 1. The van der Waals surface area contributed by atoms with E-state index in [-0.39, 0.29) is 17.9 Å². The Balaban J connectivity index is 1.76. The maximum Gasteiger partial charge on any atom is 0.226 e. The number of fused-ring (bicyclic) bond motifs is 1. The van der Waals surface area contributed by atoms with Crippen LogP contribution in [0.4, 0.5) is 17.2 Å². The lowest BCUT2D eigenvalue weighted by atomic mass is 9.89. The van der Waals surface area contributed by atoms with Gasteiger partial charge in [0.1, 0.15) is 12.0 Å². The molecule has 0 bridgehead atoms. The highest BCUT2D eigenvalue weighted by Gasteiger charge is 2.41. The van der Waals surface area contributed by atoms with Crippen molar-refractivity contribution < 1.29 is 9.90 Å². The summed E-state index contributed by atoms with van der Waals surface area (Å²) < 4.78 is 0. The smallest absolute Gasteiger partial charge is 0.226 e. The van der Waals surface area contributed by atoms with Gasteiger partial charge in [0.2, 0.25) is 5.91 Å². The molecule has 7 heteroatoms. The van der Waals surface area contributed by atoms with Gasteiger partial charge >= 0.3 is 0 Å². The van der Waals surface area contributed by atoms with Gasteiger partial charge in [0.25, 0.3) is 0 Å². The molecule has 0 spiro atoms. The number of nitrogens with one attached hydrogen (secondary N) is 2. The summed E-state index contributed by atoms with van der Waals surface area (Å²) in [5, 5.41) is 17.7. The number of aliphatic hydroxyl groups is 1. The van der Waals surface area contributed by atoms with Crippen LogP contribution in [0.3, 0.4) is 0 Å². The van der Waals surface area contributed by atoms with Crippen LogP contribution in [0.5, 0.6) is 0 Å². The number of carbonyl (C=O) groups excluding carboxylic acids is 1. The topological polar surface area (TPSA) is 80.7 Å². The van der Waals surface area contributed by atoms with Gasteiger partial charge in [-0.3, -0.25) is 9.69 Å². The molecule has 3 heterocycles. The van der Waals surface area contributed by atoms with Crippen LogP contribution >= 0.6 is 0 Å². The Labute approximate surface area is 165 Å². The van der Waals surface area contributed by atoms with Gasteiger partial charge < -0.3 is 20.6 Å². The average molecular weight is 381 g/mol. The van der Waals surface area contributed by atoms with E-state index in [2.05, 4.69) is 15.5 Å². The molecule has 3 N–H and O–H groups in total. The zero-order valence-electron chi connectivity index (χ0n) is 16.3. The molecule has 0 radical (unpaired) electrons. The molecule has 2 aliphatic heterocycles. The van der Waals surface area contributed by atoms with Crippen LogP contribution in [0.2, 0.25) is 0 Å². The van der Waals surface area contributed by atoms with E-state index < -0.39 is 6.23 Å². The molecule has 148 valence electrons. The van der Waals surface area contributed by atoms with Crippen LogP contribution in [0.1, 0.15) is 25.6 Å². The molecule has 0 saturated carbocycles. The minimum absolute atomic E-state index is 0.185. The van der Waals surface area contributed by atoms with Gasteiger partial charge in [0, 0.05) is 44.7 Å². The molecule has 2 aromatic rings. The number of carbonyl (C=O) groups is 1. The van der Waals surface area contributed by atoms with Crippen molar-refractivity contribution in [1.82, 2.24) is 10.3 Å². The zero-order chi connectivity index (χ0) is 19.7. The van der Waals surface area contributed by atoms with Crippen LogP contribution < -0.4 is 20.4 Å². The first-order valence-corrected chi connectivity index (χ1v) is 9.82. The fraction of sp³-hybridized carbons (Fsp3) is 0.429. The van der Waals surface area contributed by atoms with Crippen LogP contribution in [-0.4, -0.2) is 48.4 Å². The predicted octanol–water partition coefficient (Wildman–Crippen LogP) is 1.97. The lowest BCUT2D eigenvalue weighted by molar-refractivity contribution is -0.119. The summed E-state index contributed by atoms with van der Waals surface area (Å²) in [6, 6.07) is 13.6. The van der Waals surface area contributed by atoms with E-state index in [1.807, 2.05) is 49.4 Å². The fourth-order valence-corrected chi connectivity index (χ4v) is 4.03. The lowest BCUT2D eigenvalue weighted by Gasteiger charge is -2.42. The number of nitrogens with zero attached hydrogens (tertiary/aromatic N) is 3. The summed E-state index contributed by atoms with van der Waals surface area (Å²) in [7, 11) is 0. The van der Waals surface area contributed by atoms with Gasteiger partial charge in [-0.25, -0.2) is 4.98 Å². The maximum absolute atomic E-state index is 12.3. The second-order valence-electron chi connectivity index (χ2n) is 7.46. The van der Waals surface area contributed by atoms with Crippen LogP contribution in [0, 0.1) is 5.92 Å². The molecule has 7 nitrogen and oxygen atoms in total. The minimum Gasteiger partial charge on any atom is -0.376 e. The summed E-state index contributed by atoms with van der Waals surface area (Å²) in [6.45, 7) is 7.09. The highest BCUT2D eigenvalue weighted by atomic mass is 16.3. The van der Waals surface area contributed by atoms with Crippen molar-refractivity contribution >= 4 is 23.1 Å². The van der Waals surface area contributed by atoms with Crippen molar-refractivity contribution in [2.75, 3.05) is 41.3 Å². The molecule has 28 heavy (non-hydrogen) atoms. The number of hydrogen-bond donors (Lipinski definition) is 3. The van der Waals surface area contributed by atoms with Crippen molar-refractivity contribution in [3.8, 4) is 0 Å². The molecule has 1 saturated heterocycles. The van der Waals surface area contributed by atoms with Gasteiger partial charge in [-0.05, 0) is 24.3 Å². The Hall–Kier alpha value is -2.64. The number of hydrogen-bond acceptors (Lipinski definition) is 6. The molecule has 0 aliphatic carbocycles. The fourth-order valence-electron chi connectivity index (χ4n) is 4.03. The third-order valence-corrected chi connectivity index (χ3v) is 5.58. The molecule has 4 rings (SSSR count). The average Bonchev–Trinajstić information content (AvgIpc) is 2.72. The molecule has 1 aromatic carbocycles. The number of amides is 1. The van der Waals surface area contributed by atoms with E-state index in [1.54, 1.807) is 0 Å². The van der Waals surface area contributed by atoms with Crippen LogP contribution in [0.15, 0.2) is 42.5 Å². The molecule has 1 fully saturated rings. The number of aliphatic hydroxyl groups excluding tert-OH is 1. The monoisotopic (exact) mass is 381 g/mol. The van der Waals surface area contributed by atoms with Gasteiger partial charge in [0.15, 0.2) is 0 Å². The predicted molar refractivity (Wildman–Crippen MR) is 110 cm³/mol. The second kappa shape index (κ2) is 7.77. The Morgan fingerprint density at radius 2 is 1.89 bits per heavy atom. The molecule has 1 amide bonds. The van der Waals surface area contributed by atoms with E-state index in [4.69, 9.17) is 4.98 Å². The number of piperazine rings is 1. The number of para-hydroxylation sites is 1. The molecule has 1 aromatic heterocycles. The largest absolute Gasteiger partial charge is 0.376 e. The van der Waals surface area contributed by atoms with E-state index in [1.165, 1.54) is 11.8 Å². The number of aromatic nitrogens is 1. The van der Waals surface area contributed by atoms with E-state index in [9.17, 15) is 9.90 Å². The Morgan fingerprint density at radius 3 is 2.57 bits per heavy atom. The number of anilines is 3. The van der Waals surface area contributed by atoms with Crippen LogP contribution in [0.25, 0.3) is 0 Å². The number of rotatable bonds is 3. The van der Waals surface area contributed by atoms with Gasteiger partial charge in [-0.1, -0.05) is 25.1 Å². The van der Waals surface area contributed by atoms with Gasteiger partial charge in [-0.2, -0.15) is 0 Å². The summed E-state index contributed by atoms with van der Waals surface area (Å²) in [5.74, 6) is 0.505. The van der Waals surface area contributed by atoms with Crippen molar-refractivity contribution in [3.63, 3.8) is 0 Å². The van der Waals surface area contributed by atoms with Crippen molar-refractivity contribution in [2.24, 2.45) is 5.92 Å². The maximum atomic E-state index is 12.3.